The third-order valence-electron chi connectivity index (χ3n) is 3.58. The van der Waals surface area contributed by atoms with Crippen LogP contribution in [0.2, 0.25) is 0 Å². The monoisotopic (exact) mass is 350 g/mol. The number of nitrogens with zero attached hydrogens (tertiary/aromatic N) is 1. The van der Waals surface area contributed by atoms with Gasteiger partial charge in [-0.1, -0.05) is 12.1 Å². The normalized spacial score (nSPS) is 11.2. The molecule has 7 heteroatoms. The molecule has 2 rings (SSSR count). The van der Waals surface area contributed by atoms with Gasteiger partial charge in [-0.15, -0.1) is 0 Å². The molecule has 0 saturated heterocycles. The predicted molar refractivity (Wildman–Crippen MR) is 94.3 cm³/mol. The molecule has 6 nitrogen and oxygen atoms in total. The molecular formula is C17H22N2O4S. The number of anilines is 1. The summed E-state index contributed by atoms with van der Waals surface area (Å²) >= 11 is 0. The summed E-state index contributed by atoms with van der Waals surface area (Å²) in [6, 6.07) is 12.3. The number of benzene rings is 2. The molecule has 0 aliphatic heterocycles. The topological polar surface area (TPSA) is 67.9 Å². The fourth-order valence-corrected chi connectivity index (χ4v) is 3.36. The van der Waals surface area contributed by atoms with Crippen LogP contribution in [0.1, 0.15) is 5.56 Å². The molecule has 2 aromatic rings. The maximum Gasteiger partial charge on any atom is 0.244 e. The summed E-state index contributed by atoms with van der Waals surface area (Å²) in [6.07, 6.45) is 0. The van der Waals surface area contributed by atoms with Gasteiger partial charge in [-0.25, -0.2) is 13.1 Å². The highest BCUT2D eigenvalue weighted by Gasteiger charge is 2.20. The highest BCUT2D eigenvalue weighted by Crippen LogP contribution is 2.28. The Bertz CT molecular complexity index is 787. The molecule has 2 aromatic carbocycles. The Labute approximate surface area is 143 Å². The van der Waals surface area contributed by atoms with E-state index in [0.29, 0.717) is 5.75 Å². The Balaban J connectivity index is 2.19. The van der Waals surface area contributed by atoms with E-state index in [0.717, 1.165) is 11.3 Å². The van der Waals surface area contributed by atoms with E-state index in [2.05, 4.69) is 4.72 Å². The third kappa shape index (κ3) is 4.18. The number of nitrogens with one attached hydrogen (secondary N) is 1. The molecule has 0 aromatic heterocycles. The average molecular weight is 350 g/mol. The van der Waals surface area contributed by atoms with Crippen LogP contribution in [0.3, 0.4) is 0 Å². The molecule has 0 aliphatic rings. The van der Waals surface area contributed by atoms with Crippen molar-refractivity contribution in [3.05, 3.63) is 48.0 Å². The van der Waals surface area contributed by atoms with Gasteiger partial charge in [0.1, 0.15) is 16.4 Å². The van der Waals surface area contributed by atoms with Crippen LogP contribution in [-0.4, -0.2) is 36.7 Å². The summed E-state index contributed by atoms with van der Waals surface area (Å²) in [4.78, 5) is 2.03. The van der Waals surface area contributed by atoms with Crippen LogP contribution < -0.4 is 19.1 Å². The Hall–Kier alpha value is -2.25. The van der Waals surface area contributed by atoms with Crippen molar-refractivity contribution in [2.75, 3.05) is 33.2 Å². The molecular weight excluding hydrogens is 328 g/mol. The van der Waals surface area contributed by atoms with Gasteiger partial charge in [-0.05, 0) is 29.8 Å². The van der Waals surface area contributed by atoms with Gasteiger partial charge >= 0.3 is 0 Å². The van der Waals surface area contributed by atoms with Crippen molar-refractivity contribution in [1.82, 2.24) is 4.72 Å². The first-order valence-corrected chi connectivity index (χ1v) is 8.83. The van der Waals surface area contributed by atoms with Gasteiger partial charge in [0.05, 0.1) is 14.2 Å². The van der Waals surface area contributed by atoms with Crippen molar-refractivity contribution in [2.24, 2.45) is 0 Å². The minimum Gasteiger partial charge on any atom is -0.497 e. The van der Waals surface area contributed by atoms with E-state index in [4.69, 9.17) is 9.47 Å². The summed E-state index contributed by atoms with van der Waals surface area (Å²) in [6.45, 7) is 0.191. The fourth-order valence-electron chi connectivity index (χ4n) is 2.16. The molecule has 1 N–H and O–H groups in total. The lowest BCUT2D eigenvalue weighted by molar-refractivity contribution is 0.392. The van der Waals surface area contributed by atoms with Gasteiger partial charge in [-0.2, -0.15) is 0 Å². The number of sulfonamides is 1. The van der Waals surface area contributed by atoms with Crippen LogP contribution in [-0.2, 0) is 16.6 Å². The second-order valence-electron chi connectivity index (χ2n) is 5.40. The second-order valence-corrected chi connectivity index (χ2v) is 7.14. The van der Waals surface area contributed by atoms with E-state index in [1.54, 1.807) is 12.1 Å². The third-order valence-corrected chi connectivity index (χ3v) is 5.00. The molecule has 0 amide bonds. The molecule has 0 aliphatic carbocycles. The lowest BCUT2D eigenvalue weighted by Crippen LogP contribution is -2.23. The van der Waals surface area contributed by atoms with Crippen LogP contribution in [0.4, 0.5) is 5.69 Å². The Kier molecular flexibility index (Phi) is 5.69. The van der Waals surface area contributed by atoms with Crippen LogP contribution in [0.5, 0.6) is 11.5 Å². The van der Waals surface area contributed by atoms with Crippen molar-refractivity contribution in [3.63, 3.8) is 0 Å². The first-order valence-electron chi connectivity index (χ1n) is 7.35. The summed E-state index contributed by atoms with van der Waals surface area (Å²) in [5, 5.41) is 0. The molecule has 24 heavy (non-hydrogen) atoms. The van der Waals surface area contributed by atoms with Gasteiger partial charge < -0.3 is 14.4 Å². The van der Waals surface area contributed by atoms with Crippen molar-refractivity contribution in [3.8, 4) is 11.5 Å². The number of methoxy groups -OCH3 is 2. The molecule has 0 atom stereocenters. The summed E-state index contributed by atoms with van der Waals surface area (Å²) in [7, 11) is 3.09. The maximum absolute atomic E-state index is 12.6. The van der Waals surface area contributed by atoms with Crippen molar-refractivity contribution in [1.29, 1.82) is 0 Å². The zero-order valence-electron chi connectivity index (χ0n) is 14.2. The molecule has 130 valence electrons. The quantitative estimate of drug-likeness (QED) is 0.829. The SMILES string of the molecule is COc1ccc(OC)c(S(=O)(=O)NCc2ccc(N(C)C)cc2)c1. The molecule has 0 heterocycles. The molecule has 0 fully saturated rings. The van der Waals surface area contributed by atoms with Gasteiger partial charge in [-0.3, -0.25) is 0 Å². The maximum atomic E-state index is 12.6. The molecule has 0 bridgehead atoms. The number of rotatable bonds is 7. The van der Waals surface area contributed by atoms with Gasteiger partial charge in [0.25, 0.3) is 0 Å². The Morgan fingerprint density at radius 1 is 1.00 bits per heavy atom. The number of ether oxygens (including phenoxy) is 2. The zero-order chi connectivity index (χ0) is 17.7. The van der Waals surface area contributed by atoms with Gasteiger partial charge in [0.15, 0.2) is 0 Å². The van der Waals surface area contributed by atoms with E-state index >= 15 is 0 Å². The van der Waals surface area contributed by atoms with Gasteiger partial charge in [0.2, 0.25) is 10.0 Å². The van der Waals surface area contributed by atoms with Crippen molar-refractivity contribution >= 4 is 15.7 Å². The molecule has 0 unspecified atom stereocenters. The molecule has 0 spiro atoms. The second kappa shape index (κ2) is 7.55. The number of hydrogen-bond acceptors (Lipinski definition) is 5. The van der Waals surface area contributed by atoms with E-state index in [1.165, 1.54) is 20.3 Å². The molecule has 0 saturated carbocycles. The minimum absolute atomic E-state index is 0.0502. The first kappa shape index (κ1) is 18.1. The van der Waals surface area contributed by atoms with Crippen LogP contribution in [0.25, 0.3) is 0 Å². The van der Waals surface area contributed by atoms with E-state index in [-0.39, 0.29) is 17.2 Å². The lowest BCUT2D eigenvalue weighted by Gasteiger charge is -2.14. The lowest BCUT2D eigenvalue weighted by atomic mass is 10.2. The van der Waals surface area contributed by atoms with E-state index in [1.807, 2.05) is 43.3 Å². The fraction of sp³-hybridized carbons (Fsp3) is 0.294. The number of hydrogen-bond donors (Lipinski definition) is 1. The summed E-state index contributed by atoms with van der Waals surface area (Å²) < 4.78 is 38.0. The standard InChI is InChI=1S/C17H22N2O4S/c1-19(2)14-7-5-13(6-8-14)12-18-24(20,21)17-11-15(22-3)9-10-16(17)23-4/h5-11,18H,12H2,1-4H3. The van der Waals surface area contributed by atoms with Crippen LogP contribution >= 0.6 is 0 Å². The summed E-state index contributed by atoms with van der Waals surface area (Å²) in [5.74, 6) is 0.720. The zero-order valence-corrected chi connectivity index (χ0v) is 15.1. The Morgan fingerprint density at radius 2 is 1.67 bits per heavy atom. The highest BCUT2D eigenvalue weighted by atomic mass is 32.2. The van der Waals surface area contributed by atoms with E-state index < -0.39 is 10.0 Å². The van der Waals surface area contributed by atoms with Crippen LogP contribution in [0, 0.1) is 0 Å². The first-order chi connectivity index (χ1) is 11.4. The van der Waals surface area contributed by atoms with E-state index in [9.17, 15) is 8.42 Å². The minimum atomic E-state index is -3.73. The smallest absolute Gasteiger partial charge is 0.244 e. The van der Waals surface area contributed by atoms with Gasteiger partial charge in [0, 0.05) is 32.4 Å². The van der Waals surface area contributed by atoms with Crippen LogP contribution in [0.15, 0.2) is 47.4 Å². The van der Waals surface area contributed by atoms with Crippen molar-refractivity contribution in [2.45, 2.75) is 11.4 Å². The summed E-state index contributed by atoms with van der Waals surface area (Å²) in [5.41, 5.74) is 1.92. The average Bonchev–Trinajstić information content (AvgIpc) is 2.59. The molecule has 0 radical (unpaired) electrons. The highest BCUT2D eigenvalue weighted by molar-refractivity contribution is 7.89. The van der Waals surface area contributed by atoms with Crippen molar-refractivity contribution < 1.29 is 17.9 Å². The largest absolute Gasteiger partial charge is 0.497 e. The predicted octanol–water partition coefficient (Wildman–Crippen LogP) is 2.25. The Morgan fingerprint density at radius 3 is 2.21 bits per heavy atom.